The highest BCUT2D eigenvalue weighted by Gasteiger charge is 2.26. The van der Waals surface area contributed by atoms with Crippen LogP contribution >= 0.6 is 15.9 Å². The number of ether oxygens (including phenoxy) is 1. The van der Waals surface area contributed by atoms with Crippen LogP contribution in [-0.4, -0.2) is 18.0 Å². The van der Waals surface area contributed by atoms with Gasteiger partial charge in [-0.2, -0.15) is 5.26 Å². The van der Waals surface area contributed by atoms with Gasteiger partial charge >= 0.3 is 5.97 Å². The Morgan fingerprint density at radius 3 is 2.71 bits per heavy atom. The summed E-state index contributed by atoms with van der Waals surface area (Å²) in [4.78, 5) is 21.6. The van der Waals surface area contributed by atoms with Gasteiger partial charge < -0.3 is 4.74 Å². The summed E-state index contributed by atoms with van der Waals surface area (Å²) in [6, 6.07) is 4.40. The smallest absolute Gasteiger partial charge is 0.346 e. The highest BCUT2D eigenvalue weighted by Crippen LogP contribution is 2.27. The van der Waals surface area contributed by atoms with Crippen molar-refractivity contribution in [3.63, 3.8) is 0 Å². The zero-order chi connectivity index (χ0) is 13.0. The number of benzene rings is 1. The van der Waals surface area contributed by atoms with Gasteiger partial charge in [0.2, 0.25) is 0 Å². The zero-order valence-corrected chi connectivity index (χ0v) is 10.4. The minimum atomic E-state index is -0.893. The second-order valence-corrected chi connectivity index (χ2v) is 3.55. The topological polar surface area (TPSA) is 93.2 Å². The fraction of sp³-hybridized carbons (Fsp3) is 0.200. The van der Waals surface area contributed by atoms with Gasteiger partial charge in [-0.3, -0.25) is 10.1 Å². The van der Waals surface area contributed by atoms with Crippen molar-refractivity contribution in [1.82, 2.24) is 0 Å². The molecular formula is C10H7BrN2O4. The molecule has 0 bridgehead atoms. The van der Waals surface area contributed by atoms with Gasteiger partial charge in [-0.15, -0.1) is 0 Å². The minimum absolute atomic E-state index is 0.0390. The Morgan fingerprint density at radius 2 is 2.29 bits per heavy atom. The SMILES string of the molecule is COC(=O)c1c([N+](=O)[O-])ccc(CBr)c1C#N. The fourth-order valence-corrected chi connectivity index (χ4v) is 1.80. The Bertz CT molecular complexity index is 522. The predicted octanol–water partition coefficient (Wildman–Crippen LogP) is 2.15. The van der Waals surface area contributed by atoms with E-state index in [1.54, 1.807) is 6.07 Å². The average molecular weight is 299 g/mol. The number of halogens is 1. The van der Waals surface area contributed by atoms with Crippen molar-refractivity contribution < 1.29 is 14.5 Å². The molecule has 7 heteroatoms. The van der Waals surface area contributed by atoms with E-state index in [2.05, 4.69) is 20.7 Å². The number of alkyl halides is 1. The summed E-state index contributed by atoms with van der Waals surface area (Å²) in [5.41, 5.74) is -0.281. The van der Waals surface area contributed by atoms with Gasteiger partial charge in [0.1, 0.15) is 6.07 Å². The van der Waals surface area contributed by atoms with Crippen LogP contribution in [0.5, 0.6) is 0 Å². The highest BCUT2D eigenvalue weighted by atomic mass is 79.9. The summed E-state index contributed by atoms with van der Waals surface area (Å²) in [5, 5.41) is 20.1. The molecule has 1 aromatic carbocycles. The third kappa shape index (κ3) is 2.42. The molecule has 0 heterocycles. The molecule has 0 spiro atoms. The molecule has 88 valence electrons. The lowest BCUT2D eigenvalue weighted by molar-refractivity contribution is -0.385. The zero-order valence-electron chi connectivity index (χ0n) is 8.77. The molecule has 0 fully saturated rings. The van der Waals surface area contributed by atoms with Crippen molar-refractivity contribution in [3.05, 3.63) is 38.9 Å². The Morgan fingerprint density at radius 1 is 1.65 bits per heavy atom. The number of nitriles is 1. The van der Waals surface area contributed by atoms with Gasteiger partial charge in [0.05, 0.1) is 17.6 Å². The molecule has 0 amide bonds. The lowest BCUT2D eigenvalue weighted by Crippen LogP contribution is -2.10. The number of methoxy groups -OCH3 is 1. The van der Waals surface area contributed by atoms with E-state index >= 15 is 0 Å². The van der Waals surface area contributed by atoms with E-state index in [0.717, 1.165) is 7.11 Å². The summed E-state index contributed by atoms with van der Waals surface area (Å²) in [7, 11) is 1.11. The van der Waals surface area contributed by atoms with Gasteiger partial charge in [0.25, 0.3) is 5.69 Å². The maximum absolute atomic E-state index is 11.5. The fourth-order valence-electron chi connectivity index (χ4n) is 1.33. The first kappa shape index (κ1) is 13.1. The lowest BCUT2D eigenvalue weighted by Gasteiger charge is -2.06. The number of nitrogens with zero attached hydrogens (tertiary/aromatic N) is 2. The van der Waals surface area contributed by atoms with Gasteiger partial charge in [0, 0.05) is 11.4 Å². The molecule has 6 nitrogen and oxygen atoms in total. The van der Waals surface area contributed by atoms with Crippen molar-refractivity contribution in [2.24, 2.45) is 0 Å². The predicted molar refractivity (Wildman–Crippen MR) is 61.8 cm³/mol. The number of nitro benzene ring substituents is 1. The molecule has 0 saturated carbocycles. The number of rotatable bonds is 3. The second-order valence-electron chi connectivity index (χ2n) is 2.99. The number of carbonyl (C=O) groups is 1. The van der Waals surface area contributed by atoms with Gasteiger partial charge in [-0.1, -0.05) is 15.9 Å². The highest BCUT2D eigenvalue weighted by molar-refractivity contribution is 9.08. The largest absolute Gasteiger partial charge is 0.465 e. The van der Waals surface area contributed by atoms with E-state index in [9.17, 15) is 14.9 Å². The van der Waals surface area contributed by atoms with Crippen LogP contribution in [0.25, 0.3) is 0 Å². The van der Waals surface area contributed by atoms with Crippen LogP contribution in [0.3, 0.4) is 0 Å². The van der Waals surface area contributed by atoms with Crippen LogP contribution in [0.2, 0.25) is 0 Å². The Hall–Kier alpha value is -1.94. The van der Waals surface area contributed by atoms with E-state index in [1.807, 2.05) is 0 Å². The van der Waals surface area contributed by atoms with Crippen LogP contribution in [0.15, 0.2) is 12.1 Å². The standard InChI is InChI=1S/C10H7BrN2O4/c1-17-10(14)9-7(5-12)6(4-11)2-3-8(9)13(15)16/h2-3H,4H2,1H3. The maximum atomic E-state index is 11.5. The minimum Gasteiger partial charge on any atom is -0.465 e. The normalized spacial score (nSPS) is 9.47. The Balaban J connectivity index is 3.63. The van der Waals surface area contributed by atoms with Gasteiger partial charge in [0.15, 0.2) is 5.56 Å². The first-order valence-corrected chi connectivity index (χ1v) is 5.53. The molecule has 0 aliphatic heterocycles. The van der Waals surface area contributed by atoms with Crippen molar-refractivity contribution in [1.29, 1.82) is 5.26 Å². The Kier molecular flexibility index (Phi) is 4.17. The van der Waals surface area contributed by atoms with Crippen molar-refractivity contribution >= 4 is 27.6 Å². The molecule has 0 atom stereocenters. The summed E-state index contributed by atoms with van der Waals surface area (Å²) in [6.07, 6.45) is 0. The van der Waals surface area contributed by atoms with E-state index in [1.165, 1.54) is 12.1 Å². The number of hydrogen-bond donors (Lipinski definition) is 0. The number of carbonyl (C=O) groups excluding carboxylic acids is 1. The molecule has 1 aromatic rings. The van der Waals surface area contributed by atoms with Crippen LogP contribution < -0.4 is 0 Å². The van der Waals surface area contributed by atoms with E-state index < -0.39 is 16.6 Å². The monoisotopic (exact) mass is 298 g/mol. The lowest BCUT2D eigenvalue weighted by atomic mass is 10.0. The second kappa shape index (κ2) is 5.41. The van der Waals surface area contributed by atoms with Gasteiger partial charge in [-0.05, 0) is 11.6 Å². The van der Waals surface area contributed by atoms with Crippen LogP contribution in [-0.2, 0) is 10.1 Å². The van der Waals surface area contributed by atoms with Crippen LogP contribution in [0, 0.1) is 21.4 Å². The van der Waals surface area contributed by atoms with Crippen molar-refractivity contribution in [3.8, 4) is 6.07 Å². The molecule has 0 aliphatic rings. The summed E-state index contributed by atoms with van der Waals surface area (Å²) < 4.78 is 4.46. The first-order chi connectivity index (χ1) is 8.06. The molecule has 0 radical (unpaired) electrons. The quantitative estimate of drug-likeness (QED) is 0.369. The number of hydrogen-bond acceptors (Lipinski definition) is 5. The van der Waals surface area contributed by atoms with E-state index in [4.69, 9.17) is 5.26 Å². The van der Waals surface area contributed by atoms with E-state index in [-0.39, 0.29) is 11.1 Å². The molecule has 0 aliphatic carbocycles. The molecule has 0 unspecified atom stereocenters. The molecular weight excluding hydrogens is 292 g/mol. The summed E-state index contributed by atoms with van der Waals surface area (Å²) >= 11 is 3.14. The van der Waals surface area contributed by atoms with E-state index in [0.29, 0.717) is 10.9 Å². The first-order valence-electron chi connectivity index (χ1n) is 4.41. The van der Waals surface area contributed by atoms with Gasteiger partial charge in [-0.25, -0.2) is 4.79 Å². The third-order valence-corrected chi connectivity index (χ3v) is 2.72. The molecule has 0 saturated heterocycles. The molecule has 17 heavy (non-hydrogen) atoms. The van der Waals surface area contributed by atoms with Crippen LogP contribution in [0.1, 0.15) is 21.5 Å². The van der Waals surface area contributed by atoms with Crippen molar-refractivity contribution in [2.75, 3.05) is 7.11 Å². The number of nitro groups is 1. The molecule has 1 rings (SSSR count). The summed E-state index contributed by atoms with van der Waals surface area (Å²) in [5.74, 6) is -0.893. The molecule has 0 N–H and O–H groups in total. The molecule has 0 aromatic heterocycles. The maximum Gasteiger partial charge on any atom is 0.346 e. The Labute approximate surface area is 105 Å². The third-order valence-electron chi connectivity index (χ3n) is 2.11. The summed E-state index contributed by atoms with van der Waals surface area (Å²) in [6.45, 7) is 0. The number of esters is 1. The van der Waals surface area contributed by atoms with Crippen molar-refractivity contribution in [2.45, 2.75) is 5.33 Å². The van der Waals surface area contributed by atoms with Crippen LogP contribution in [0.4, 0.5) is 5.69 Å². The average Bonchev–Trinajstić information content (AvgIpc) is 2.35.